The number of hydrogen-bond donors (Lipinski definition) is 1. The quantitative estimate of drug-likeness (QED) is 0.726. The van der Waals surface area contributed by atoms with Crippen molar-refractivity contribution in [1.29, 1.82) is 0 Å². The molecule has 0 fully saturated rings. The van der Waals surface area contributed by atoms with Crippen LogP contribution < -0.4 is 10.5 Å². The normalized spacial score (nSPS) is 12.5. The number of ether oxygens (including phenoxy) is 1. The van der Waals surface area contributed by atoms with Crippen LogP contribution >= 0.6 is 0 Å². The smallest absolute Gasteiger partial charge is 0.165 e. The largest absolute Gasteiger partial charge is 0.491 e. The van der Waals surface area contributed by atoms with Gasteiger partial charge in [-0.05, 0) is 56.1 Å². The molecule has 1 heterocycles. The Labute approximate surface area is 148 Å². The molecule has 3 rings (SSSR count). The van der Waals surface area contributed by atoms with Crippen LogP contribution in [0.2, 0.25) is 0 Å². The van der Waals surface area contributed by atoms with Gasteiger partial charge in [0.1, 0.15) is 0 Å². The third-order valence-electron chi connectivity index (χ3n) is 4.99. The lowest BCUT2D eigenvalue weighted by molar-refractivity contribution is 0.321. The number of aromatic nitrogens is 1. The summed E-state index contributed by atoms with van der Waals surface area (Å²) in [7, 11) is 2.08. The van der Waals surface area contributed by atoms with Gasteiger partial charge in [0.05, 0.1) is 6.61 Å². The molecule has 0 spiro atoms. The summed E-state index contributed by atoms with van der Waals surface area (Å²) in [6.45, 7) is 4.89. The van der Waals surface area contributed by atoms with Crippen molar-refractivity contribution in [3.63, 3.8) is 0 Å². The third kappa shape index (κ3) is 3.27. The van der Waals surface area contributed by atoms with Gasteiger partial charge in [-0.15, -0.1) is 0 Å². The van der Waals surface area contributed by atoms with E-state index in [2.05, 4.69) is 36.7 Å². The van der Waals surface area contributed by atoms with Crippen molar-refractivity contribution in [3.8, 4) is 5.75 Å². The molecule has 2 aromatic carbocycles. The molecule has 132 valence electrons. The number of halogens is 1. The number of rotatable bonds is 6. The molecule has 3 nitrogen and oxygen atoms in total. The van der Waals surface area contributed by atoms with Crippen molar-refractivity contribution in [2.24, 2.45) is 12.8 Å². The van der Waals surface area contributed by atoms with E-state index in [-0.39, 0.29) is 11.7 Å². The van der Waals surface area contributed by atoms with E-state index in [1.54, 1.807) is 12.1 Å². The Morgan fingerprint density at radius 3 is 2.64 bits per heavy atom. The molecule has 0 aliphatic heterocycles. The number of nitrogens with two attached hydrogens (primary N) is 1. The predicted molar refractivity (Wildman–Crippen MR) is 101 cm³/mol. The van der Waals surface area contributed by atoms with Crippen LogP contribution in [-0.4, -0.2) is 17.7 Å². The molecule has 0 aliphatic carbocycles. The van der Waals surface area contributed by atoms with E-state index < -0.39 is 0 Å². The second-order valence-corrected chi connectivity index (χ2v) is 6.40. The summed E-state index contributed by atoms with van der Waals surface area (Å²) in [6.07, 6.45) is 0.789. The Kier molecular flexibility index (Phi) is 5.09. The topological polar surface area (TPSA) is 40.2 Å². The van der Waals surface area contributed by atoms with E-state index >= 15 is 0 Å². The van der Waals surface area contributed by atoms with Gasteiger partial charge in [0, 0.05) is 29.6 Å². The molecule has 1 aromatic heterocycles. The standard InChI is InChI=1S/C21H25FN2O/c1-4-25-21-10-9-15(12-19(21)22)16(13-23)11-18-14(2)24(3)20-8-6-5-7-17(18)20/h5-10,12,16H,4,11,13,23H2,1-3H3. The summed E-state index contributed by atoms with van der Waals surface area (Å²) in [5.41, 5.74) is 10.7. The molecule has 0 aliphatic rings. The van der Waals surface area contributed by atoms with Crippen LogP contribution in [0.25, 0.3) is 10.9 Å². The summed E-state index contributed by atoms with van der Waals surface area (Å²) in [4.78, 5) is 0. The molecular weight excluding hydrogens is 315 g/mol. The van der Waals surface area contributed by atoms with Crippen LogP contribution in [0.1, 0.15) is 29.7 Å². The Bertz CT molecular complexity index is 885. The zero-order valence-corrected chi connectivity index (χ0v) is 15.1. The van der Waals surface area contributed by atoms with Crippen LogP contribution in [-0.2, 0) is 13.5 Å². The Hall–Kier alpha value is -2.33. The molecule has 0 bridgehead atoms. The Morgan fingerprint density at radius 2 is 1.96 bits per heavy atom. The highest BCUT2D eigenvalue weighted by Crippen LogP contribution is 2.31. The minimum atomic E-state index is -0.326. The van der Waals surface area contributed by atoms with Gasteiger partial charge in [-0.1, -0.05) is 24.3 Å². The van der Waals surface area contributed by atoms with E-state index in [9.17, 15) is 4.39 Å². The van der Waals surface area contributed by atoms with Gasteiger partial charge in [-0.3, -0.25) is 0 Å². The zero-order valence-electron chi connectivity index (χ0n) is 15.1. The fourth-order valence-corrected chi connectivity index (χ4v) is 3.48. The van der Waals surface area contributed by atoms with E-state index in [4.69, 9.17) is 10.5 Å². The van der Waals surface area contributed by atoms with Crippen molar-refractivity contribution in [1.82, 2.24) is 4.57 Å². The Balaban J connectivity index is 1.96. The monoisotopic (exact) mass is 340 g/mol. The van der Waals surface area contributed by atoms with E-state index in [1.165, 1.54) is 22.2 Å². The van der Waals surface area contributed by atoms with Crippen molar-refractivity contribution < 1.29 is 9.13 Å². The molecule has 2 N–H and O–H groups in total. The first kappa shape index (κ1) is 17.5. The van der Waals surface area contributed by atoms with Crippen molar-refractivity contribution in [2.75, 3.05) is 13.2 Å². The van der Waals surface area contributed by atoms with Gasteiger partial charge in [-0.2, -0.15) is 0 Å². The second kappa shape index (κ2) is 7.28. The number of para-hydroxylation sites is 1. The molecule has 25 heavy (non-hydrogen) atoms. The van der Waals surface area contributed by atoms with Gasteiger partial charge in [0.15, 0.2) is 11.6 Å². The van der Waals surface area contributed by atoms with Gasteiger partial charge in [-0.25, -0.2) is 4.39 Å². The summed E-state index contributed by atoms with van der Waals surface area (Å²) in [6, 6.07) is 13.6. The summed E-state index contributed by atoms with van der Waals surface area (Å²) >= 11 is 0. The number of nitrogens with zero attached hydrogens (tertiary/aromatic N) is 1. The zero-order chi connectivity index (χ0) is 18.0. The predicted octanol–water partition coefficient (Wildman–Crippen LogP) is 4.31. The van der Waals surface area contributed by atoms with Crippen LogP contribution in [0.5, 0.6) is 5.75 Å². The minimum absolute atomic E-state index is 0.0645. The average molecular weight is 340 g/mol. The van der Waals surface area contributed by atoms with Gasteiger partial charge >= 0.3 is 0 Å². The van der Waals surface area contributed by atoms with Gasteiger partial charge in [0.2, 0.25) is 0 Å². The summed E-state index contributed by atoms with van der Waals surface area (Å²) < 4.78 is 21.7. The Morgan fingerprint density at radius 1 is 1.20 bits per heavy atom. The highest BCUT2D eigenvalue weighted by atomic mass is 19.1. The molecule has 1 unspecified atom stereocenters. The number of benzene rings is 2. The first-order valence-corrected chi connectivity index (χ1v) is 8.72. The number of aryl methyl sites for hydroxylation is 1. The van der Waals surface area contributed by atoms with E-state index in [0.29, 0.717) is 18.9 Å². The van der Waals surface area contributed by atoms with Crippen molar-refractivity contribution >= 4 is 10.9 Å². The second-order valence-electron chi connectivity index (χ2n) is 6.40. The average Bonchev–Trinajstić information content (AvgIpc) is 2.86. The lowest BCUT2D eigenvalue weighted by Crippen LogP contribution is -2.16. The van der Waals surface area contributed by atoms with Crippen molar-refractivity contribution in [2.45, 2.75) is 26.2 Å². The first-order chi connectivity index (χ1) is 12.1. The molecule has 0 saturated heterocycles. The molecule has 0 saturated carbocycles. The third-order valence-corrected chi connectivity index (χ3v) is 4.99. The lowest BCUT2D eigenvalue weighted by Gasteiger charge is -2.17. The van der Waals surface area contributed by atoms with E-state index in [0.717, 1.165) is 12.0 Å². The van der Waals surface area contributed by atoms with Gasteiger partial charge < -0.3 is 15.0 Å². The van der Waals surface area contributed by atoms with Crippen LogP contribution in [0.3, 0.4) is 0 Å². The minimum Gasteiger partial charge on any atom is -0.491 e. The fourth-order valence-electron chi connectivity index (χ4n) is 3.48. The molecule has 0 radical (unpaired) electrons. The first-order valence-electron chi connectivity index (χ1n) is 8.72. The van der Waals surface area contributed by atoms with Crippen molar-refractivity contribution in [3.05, 3.63) is 65.1 Å². The maximum atomic E-state index is 14.2. The highest BCUT2D eigenvalue weighted by Gasteiger charge is 2.18. The SMILES string of the molecule is CCOc1ccc(C(CN)Cc2c(C)n(C)c3ccccc23)cc1F. The highest BCUT2D eigenvalue weighted by molar-refractivity contribution is 5.85. The maximum absolute atomic E-state index is 14.2. The molecule has 1 atom stereocenters. The summed E-state index contributed by atoms with van der Waals surface area (Å²) in [5, 5.41) is 1.24. The molecule has 3 aromatic rings. The number of hydrogen-bond acceptors (Lipinski definition) is 2. The van der Waals surface area contributed by atoms with Crippen LogP contribution in [0, 0.1) is 12.7 Å². The lowest BCUT2D eigenvalue weighted by atomic mass is 9.90. The van der Waals surface area contributed by atoms with Gasteiger partial charge in [0.25, 0.3) is 0 Å². The van der Waals surface area contributed by atoms with Crippen LogP contribution in [0.4, 0.5) is 4.39 Å². The molecule has 4 heteroatoms. The maximum Gasteiger partial charge on any atom is 0.165 e. The summed E-state index contributed by atoms with van der Waals surface area (Å²) in [5.74, 6) is 0.0329. The van der Waals surface area contributed by atoms with E-state index in [1.807, 2.05) is 19.1 Å². The van der Waals surface area contributed by atoms with Crippen LogP contribution in [0.15, 0.2) is 42.5 Å². The molecule has 0 amide bonds. The molecular formula is C21H25FN2O. The fraction of sp³-hybridized carbons (Fsp3) is 0.333. The number of fused-ring (bicyclic) bond motifs is 1.